The van der Waals surface area contributed by atoms with Crippen molar-refractivity contribution >= 4 is 0 Å². The highest BCUT2D eigenvalue weighted by atomic mass is 16.7. The van der Waals surface area contributed by atoms with Crippen LogP contribution in [0.1, 0.15) is 6.42 Å². The van der Waals surface area contributed by atoms with Crippen LogP contribution in [0.5, 0.6) is 0 Å². The van der Waals surface area contributed by atoms with Gasteiger partial charge in [-0.1, -0.05) is 0 Å². The maximum Gasteiger partial charge on any atom is 0.162 e. The molecule has 1 aliphatic rings. The zero-order valence-electron chi connectivity index (χ0n) is 8.06. The molecule has 1 fully saturated rings. The Kier molecular flexibility index (Phi) is 4.61. The summed E-state index contributed by atoms with van der Waals surface area (Å²) in [5.74, 6) is 0. The van der Waals surface area contributed by atoms with Gasteiger partial charge in [-0.25, -0.2) is 0 Å². The Morgan fingerprint density at radius 3 is 2.31 bits per heavy atom. The van der Waals surface area contributed by atoms with E-state index in [1.165, 1.54) is 0 Å². The van der Waals surface area contributed by atoms with Crippen LogP contribution < -0.4 is 5.73 Å². The average molecular weight is 191 g/mol. The lowest BCUT2D eigenvalue weighted by Crippen LogP contribution is -2.42. The quantitative estimate of drug-likeness (QED) is 0.618. The summed E-state index contributed by atoms with van der Waals surface area (Å²) < 4.78 is 20.7. The van der Waals surface area contributed by atoms with Gasteiger partial charge in [0.2, 0.25) is 0 Å². The van der Waals surface area contributed by atoms with Crippen molar-refractivity contribution in [2.45, 2.75) is 25.0 Å². The molecule has 2 N–H and O–H groups in total. The van der Waals surface area contributed by atoms with Crippen molar-refractivity contribution in [3.05, 3.63) is 0 Å². The molecule has 0 aromatic rings. The van der Waals surface area contributed by atoms with E-state index in [0.29, 0.717) is 19.6 Å². The van der Waals surface area contributed by atoms with E-state index >= 15 is 0 Å². The van der Waals surface area contributed by atoms with E-state index in [1.54, 1.807) is 14.2 Å². The Bertz CT molecular complexity index is 132. The van der Waals surface area contributed by atoms with Crippen LogP contribution in [0.2, 0.25) is 0 Å². The van der Waals surface area contributed by atoms with Gasteiger partial charge >= 0.3 is 0 Å². The van der Waals surface area contributed by atoms with Crippen LogP contribution in [0.3, 0.4) is 0 Å². The van der Waals surface area contributed by atoms with Crippen LogP contribution in [-0.4, -0.2) is 46.1 Å². The fourth-order valence-corrected chi connectivity index (χ4v) is 1.14. The van der Waals surface area contributed by atoms with Crippen LogP contribution in [0.4, 0.5) is 0 Å². The van der Waals surface area contributed by atoms with Gasteiger partial charge in [-0.15, -0.1) is 0 Å². The molecule has 5 nitrogen and oxygen atoms in total. The zero-order chi connectivity index (χ0) is 9.68. The minimum absolute atomic E-state index is 0.0141. The minimum atomic E-state index is -0.278. The van der Waals surface area contributed by atoms with Gasteiger partial charge in [-0.3, -0.25) is 0 Å². The summed E-state index contributed by atoms with van der Waals surface area (Å²) in [6.45, 7) is 1.07. The van der Waals surface area contributed by atoms with Crippen molar-refractivity contribution < 1.29 is 18.9 Å². The lowest BCUT2D eigenvalue weighted by atomic mass is 10.3. The van der Waals surface area contributed by atoms with Gasteiger partial charge in [-0.2, -0.15) is 0 Å². The maximum absolute atomic E-state index is 5.58. The molecule has 0 unspecified atom stereocenters. The molecule has 1 rings (SSSR count). The Morgan fingerprint density at radius 1 is 1.31 bits per heavy atom. The lowest BCUT2D eigenvalue weighted by Gasteiger charge is -2.28. The molecular weight excluding hydrogens is 174 g/mol. The monoisotopic (exact) mass is 191 g/mol. The first kappa shape index (κ1) is 10.9. The van der Waals surface area contributed by atoms with E-state index in [0.717, 1.165) is 0 Å². The van der Waals surface area contributed by atoms with Gasteiger partial charge in [0.15, 0.2) is 12.6 Å². The molecule has 0 aromatic carbocycles. The highest BCUT2D eigenvalue weighted by molar-refractivity contribution is 4.65. The van der Waals surface area contributed by atoms with E-state index < -0.39 is 0 Å². The molecule has 1 saturated heterocycles. The largest absolute Gasteiger partial charge is 0.356 e. The van der Waals surface area contributed by atoms with Crippen LogP contribution in [0, 0.1) is 0 Å². The van der Waals surface area contributed by atoms with Crippen LogP contribution in [0.25, 0.3) is 0 Å². The Labute approximate surface area is 78.1 Å². The second-order valence-electron chi connectivity index (χ2n) is 2.99. The second-order valence-corrected chi connectivity index (χ2v) is 2.99. The normalized spacial score (nSPS) is 29.5. The molecule has 0 aliphatic carbocycles. The summed E-state index contributed by atoms with van der Waals surface area (Å²) >= 11 is 0. The predicted molar refractivity (Wildman–Crippen MR) is 46.1 cm³/mol. The fourth-order valence-electron chi connectivity index (χ4n) is 1.14. The first-order valence-corrected chi connectivity index (χ1v) is 4.30. The summed E-state index contributed by atoms with van der Waals surface area (Å²) in [4.78, 5) is 0. The molecule has 0 spiro atoms. The minimum Gasteiger partial charge on any atom is -0.356 e. The highest BCUT2D eigenvalue weighted by Crippen LogP contribution is 2.12. The van der Waals surface area contributed by atoms with Crippen molar-refractivity contribution in [2.75, 3.05) is 27.4 Å². The van der Waals surface area contributed by atoms with Gasteiger partial charge in [0.1, 0.15) is 0 Å². The van der Waals surface area contributed by atoms with Crippen LogP contribution in [0.15, 0.2) is 0 Å². The van der Waals surface area contributed by atoms with Gasteiger partial charge in [0.05, 0.1) is 19.3 Å². The second kappa shape index (κ2) is 5.51. The molecule has 1 aliphatic heterocycles. The Morgan fingerprint density at radius 2 is 1.85 bits per heavy atom. The maximum atomic E-state index is 5.58. The molecule has 0 aromatic heterocycles. The number of methoxy groups -OCH3 is 2. The van der Waals surface area contributed by atoms with Crippen LogP contribution >= 0.6 is 0 Å². The molecule has 1 heterocycles. The Hall–Kier alpha value is -0.200. The third-order valence-corrected chi connectivity index (χ3v) is 1.90. The van der Waals surface area contributed by atoms with Gasteiger partial charge < -0.3 is 24.7 Å². The zero-order valence-corrected chi connectivity index (χ0v) is 8.06. The molecule has 0 bridgehead atoms. The lowest BCUT2D eigenvalue weighted by molar-refractivity contribution is -0.224. The SMILES string of the molecule is COC(CC1OCC(N)CO1)OC. The van der Waals surface area contributed by atoms with Crippen LogP contribution in [-0.2, 0) is 18.9 Å². The number of hydrogen-bond donors (Lipinski definition) is 1. The van der Waals surface area contributed by atoms with E-state index in [1.807, 2.05) is 0 Å². The average Bonchev–Trinajstić information content (AvgIpc) is 2.17. The van der Waals surface area contributed by atoms with Crippen molar-refractivity contribution in [2.24, 2.45) is 5.73 Å². The molecule has 0 radical (unpaired) electrons. The summed E-state index contributed by atoms with van der Waals surface area (Å²) in [7, 11) is 3.17. The number of hydrogen-bond acceptors (Lipinski definition) is 5. The van der Waals surface area contributed by atoms with Crippen molar-refractivity contribution in [3.8, 4) is 0 Å². The molecule has 78 valence electrons. The summed E-state index contributed by atoms with van der Waals surface area (Å²) in [6, 6.07) is -0.0141. The summed E-state index contributed by atoms with van der Waals surface area (Å²) in [6.07, 6.45) is 0.0312. The van der Waals surface area contributed by atoms with Crippen molar-refractivity contribution in [1.82, 2.24) is 0 Å². The molecule has 0 amide bonds. The summed E-state index contributed by atoms with van der Waals surface area (Å²) in [5, 5.41) is 0. The molecule has 5 heteroatoms. The van der Waals surface area contributed by atoms with Crippen molar-refractivity contribution in [1.29, 1.82) is 0 Å². The smallest absolute Gasteiger partial charge is 0.162 e. The molecular formula is C8H17NO4. The number of rotatable bonds is 4. The van der Waals surface area contributed by atoms with E-state index in [-0.39, 0.29) is 18.6 Å². The Balaban J connectivity index is 2.21. The first-order valence-electron chi connectivity index (χ1n) is 4.30. The molecule has 0 saturated carbocycles. The molecule has 0 atom stereocenters. The van der Waals surface area contributed by atoms with E-state index in [2.05, 4.69) is 0 Å². The number of nitrogens with two attached hydrogens (primary N) is 1. The third-order valence-electron chi connectivity index (χ3n) is 1.90. The van der Waals surface area contributed by atoms with Crippen molar-refractivity contribution in [3.63, 3.8) is 0 Å². The third kappa shape index (κ3) is 3.58. The number of ether oxygens (including phenoxy) is 4. The van der Waals surface area contributed by atoms with E-state index in [4.69, 9.17) is 24.7 Å². The topological polar surface area (TPSA) is 62.9 Å². The standard InChI is InChI=1S/C8H17NO4/c1-10-7(11-2)3-8-12-4-6(9)5-13-8/h6-8H,3-5,9H2,1-2H3. The first-order chi connectivity index (χ1) is 6.26. The van der Waals surface area contributed by atoms with Gasteiger partial charge in [0, 0.05) is 20.6 Å². The fraction of sp³-hybridized carbons (Fsp3) is 1.00. The van der Waals surface area contributed by atoms with Gasteiger partial charge in [-0.05, 0) is 0 Å². The highest BCUT2D eigenvalue weighted by Gasteiger charge is 2.22. The van der Waals surface area contributed by atoms with Gasteiger partial charge in [0.25, 0.3) is 0 Å². The molecule has 13 heavy (non-hydrogen) atoms. The summed E-state index contributed by atoms with van der Waals surface area (Å²) in [5.41, 5.74) is 5.58. The predicted octanol–water partition coefficient (Wildman–Crippen LogP) is -0.304. The van der Waals surface area contributed by atoms with E-state index in [9.17, 15) is 0 Å².